The number of unbranched alkanes of at least 4 members (excludes halogenated alkanes) is 2. The van der Waals surface area contributed by atoms with E-state index in [1.807, 2.05) is 6.07 Å². The Labute approximate surface area is 198 Å². The molecule has 0 radical (unpaired) electrons. The second-order valence-electron chi connectivity index (χ2n) is 8.12. The van der Waals surface area contributed by atoms with Crippen molar-refractivity contribution in [1.82, 2.24) is 15.1 Å². The fourth-order valence-corrected chi connectivity index (χ4v) is 3.48. The van der Waals surface area contributed by atoms with E-state index in [0.29, 0.717) is 23.6 Å². The molecule has 0 aliphatic heterocycles. The summed E-state index contributed by atoms with van der Waals surface area (Å²) in [5, 5.41) is 7.33. The first-order chi connectivity index (χ1) is 16.4. The molecule has 0 aliphatic rings. The van der Waals surface area contributed by atoms with Crippen LogP contribution in [0.3, 0.4) is 0 Å². The lowest BCUT2D eigenvalue weighted by atomic mass is 10.1. The highest BCUT2D eigenvalue weighted by molar-refractivity contribution is 5.94. The number of ether oxygens (including phenoxy) is 2. The van der Waals surface area contributed by atoms with E-state index in [-0.39, 0.29) is 24.1 Å². The Hall–Kier alpha value is -3.68. The number of rotatable bonds is 12. The standard InChI is InChI=1S/C26H30FN3O4/c1-18(31)20-10-13-24(25(15-20)33-3)34-17-26(32)30(2)14-6-4-5-7-22-16-23(29-28-22)19-8-11-21(27)12-9-19/h8-13,15-16H,4-7,14,17H2,1-3H3,(H,28,29). The molecule has 0 atom stereocenters. The van der Waals surface area contributed by atoms with Gasteiger partial charge in [-0.25, -0.2) is 4.39 Å². The minimum absolute atomic E-state index is 0.0680. The van der Waals surface area contributed by atoms with Gasteiger partial charge in [-0.05, 0) is 74.7 Å². The molecule has 0 saturated heterocycles. The van der Waals surface area contributed by atoms with Crippen molar-refractivity contribution in [2.24, 2.45) is 0 Å². The summed E-state index contributed by atoms with van der Waals surface area (Å²) in [7, 11) is 3.25. The number of carbonyl (C=O) groups excluding carboxylic acids is 2. The molecular formula is C26H30FN3O4. The first kappa shape index (κ1) is 25.0. The van der Waals surface area contributed by atoms with Crippen LogP contribution in [0, 0.1) is 5.82 Å². The van der Waals surface area contributed by atoms with E-state index in [4.69, 9.17) is 9.47 Å². The van der Waals surface area contributed by atoms with Crippen LogP contribution in [-0.2, 0) is 11.2 Å². The normalized spacial score (nSPS) is 10.7. The molecule has 34 heavy (non-hydrogen) atoms. The smallest absolute Gasteiger partial charge is 0.260 e. The second kappa shape index (κ2) is 12.0. The van der Waals surface area contributed by atoms with Crippen molar-refractivity contribution in [2.75, 3.05) is 27.3 Å². The van der Waals surface area contributed by atoms with E-state index >= 15 is 0 Å². The van der Waals surface area contributed by atoms with E-state index < -0.39 is 0 Å². The lowest BCUT2D eigenvalue weighted by Gasteiger charge is -2.18. The highest BCUT2D eigenvalue weighted by Gasteiger charge is 2.13. The molecule has 1 amide bonds. The number of H-pyrrole nitrogens is 1. The zero-order valence-electron chi connectivity index (χ0n) is 19.8. The molecule has 2 aromatic carbocycles. The topological polar surface area (TPSA) is 84.5 Å². The van der Waals surface area contributed by atoms with E-state index in [2.05, 4.69) is 10.2 Å². The fraction of sp³-hybridized carbons (Fsp3) is 0.346. The predicted molar refractivity (Wildman–Crippen MR) is 128 cm³/mol. The van der Waals surface area contributed by atoms with E-state index in [1.54, 1.807) is 42.3 Å². The zero-order valence-corrected chi connectivity index (χ0v) is 19.8. The lowest BCUT2D eigenvalue weighted by molar-refractivity contribution is -0.132. The maximum atomic E-state index is 13.1. The molecule has 1 aromatic heterocycles. The second-order valence-corrected chi connectivity index (χ2v) is 8.12. The quantitative estimate of drug-likeness (QED) is 0.309. The van der Waals surface area contributed by atoms with Crippen molar-refractivity contribution in [3.8, 4) is 22.8 Å². The Morgan fingerprint density at radius 1 is 1.03 bits per heavy atom. The van der Waals surface area contributed by atoms with Crippen LogP contribution in [0.4, 0.5) is 4.39 Å². The minimum atomic E-state index is -0.266. The minimum Gasteiger partial charge on any atom is -0.493 e. The van der Waals surface area contributed by atoms with Crippen molar-refractivity contribution >= 4 is 11.7 Å². The molecule has 0 fully saturated rings. The van der Waals surface area contributed by atoms with Crippen LogP contribution < -0.4 is 9.47 Å². The molecular weight excluding hydrogens is 437 g/mol. The SMILES string of the molecule is COc1cc(C(C)=O)ccc1OCC(=O)N(C)CCCCCc1cc(-c2ccc(F)cc2)n[nH]1. The van der Waals surface area contributed by atoms with Gasteiger partial charge in [-0.3, -0.25) is 14.7 Å². The Morgan fingerprint density at radius 2 is 1.79 bits per heavy atom. The van der Waals surface area contributed by atoms with Crippen molar-refractivity contribution < 1.29 is 23.5 Å². The Bertz CT molecular complexity index is 1110. The van der Waals surface area contributed by atoms with Gasteiger partial charge in [0.2, 0.25) is 0 Å². The van der Waals surface area contributed by atoms with Gasteiger partial charge in [0.25, 0.3) is 5.91 Å². The predicted octanol–water partition coefficient (Wildman–Crippen LogP) is 4.68. The molecule has 0 unspecified atom stereocenters. The maximum absolute atomic E-state index is 13.1. The fourth-order valence-electron chi connectivity index (χ4n) is 3.48. The summed E-state index contributed by atoms with van der Waals surface area (Å²) in [5.74, 6) is 0.382. The van der Waals surface area contributed by atoms with Crippen LogP contribution >= 0.6 is 0 Å². The number of Topliss-reactive ketones (excluding diaryl/α,β-unsaturated/α-hetero) is 1. The van der Waals surface area contributed by atoms with Gasteiger partial charge in [-0.2, -0.15) is 5.10 Å². The monoisotopic (exact) mass is 467 g/mol. The number of benzene rings is 2. The number of halogens is 1. The molecule has 0 aliphatic carbocycles. The number of hydrogen-bond acceptors (Lipinski definition) is 5. The molecule has 180 valence electrons. The number of nitrogens with one attached hydrogen (secondary N) is 1. The third-order valence-corrected chi connectivity index (χ3v) is 5.56. The molecule has 0 bridgehead atoms. The number of aromatic amines is 1. The number of aromatic nitrogens is 2. The number of amides is 1. The highest BCUT2D eigenvalue weighted by atomic mass is 19.1. The first-order valence-corrected chi connectivity index (χ1v) is 11.2. The number of ketones is 1. The van der Waals surface area contributed by atoms with Crippen molar-refractivity contribution in [2.45, 2.75) is 32.6 Å². The van der Waals surface area contributed by atoms with Crippen molar-refractivity contribution in [3.05, 3.63) is 65.6 Å². The lowest BCUT2D eigenvalue weighted by Crippen LogP contribution is -2.32. The third-order valence-electron chi connectivity index (χ3n) is 5.56. The average Bonchev–Trinajstić information content (AvgIpc) is 3.31. The number of methoxy groups -OCH3 is 1. The van der Waals surface area contributed by atoms with Gasteiger partial charge in [-0.1, -0.05) is 6.42 Å². The van der Waals surface area contributed by atoms with Crippen molar-refractivity contribution in [1.29, 1.82) is 0 Å². The van der Waals surface area contributed by atoms with Crippen LogP contribution in [0.2, 0.25) is 0 Å². The van der Waals surface area contributed by atoms with Gasteiger partial charge in [-0.15, -0.1) is 0 Å². The van der Waals surface area contributed by atoms with E-state index in [1.165, 1.54) is 26.2 Å². The van der Waals surface area contributed by atoms with E-state index in [0.717, 1.165) is 42.6 Å². The van der Waals surface area contributed by atoms with Gasteiger partial charge >= 0.3 is 0 Å². The summed E-state index contributed by atoms with van der Waals surface area (Å²) in [6, 6.07) is 13.1. The van der Waals surface area contributed by atoms with Crippen LogP contribution in [0.1, 0.15) is 42.2 Å². The summed E-state index contributed by atoms with van der Waals surface area (Å²) in [5.41, 5.74) is 3.22. The van der Waals surface area contributed by atoms with E-state index in [9.17, 15) is 14.0 Å². The van der Waals surface area contributed by atoms with Crippen LogP contribution in [-0.4, -0.2) is 54.1 Å². The molecule has 1 N–H and O–H groups in total. The average molecular weight is 468 g/mol. The molecule has 8 heteroatoms. The van der Waals surface area contributed by atoms with Crippen molar-refractivity contribution in [3.63, 3.8) is 0 Å². The summed E-state index contributed by atoms with van der Waals surface area (Å²) in [6.07, 6.45) is 3.65. The molecule has 0 spiro atoms. The molecule has 3 aromatic rings. The van der Waals surface area contributed by atoms with Crippen LogP contribution in [0.5, 0.6) is 11.5 Å². The summed E-state index contributed by atoms with van der Waals surface area (Å²) < 4.78 is 23.9. The highest BCUT2D eigenvalue weighted by Crippen LogP contribution is 2.28. The van der Waals surface area contributed by atoms with Gasteiger partial charge in [0.05, 0.1) is 12.8 Å². The third kappa shape index (κ3) is 6.91. The first-order valence-electron chi connectivity index (χ1n) is 11.2. The zero-order chi connectivity index (χ0) is 24.5. The van der Waals surface area contributed by atoms with Crippen LogP contribution in [0.15, 0.2) is 48.5 Å². The maximum Gasteiger partial charge on any atom is 0.260 e. The number of aryl methyl sites for hydroxylation is 1. The number of hydrogen-bond donors (Lipinski definition) is 1. The van der Waals surface area contributed by atoms with Gasteiger partial charge in [0.15, 0.2) is 23.9 Å². The number of carbonyl (C=O) groups is 2. The summed E-state index contributed by atoms with van der Waals surface area (Å²) >= 11 is 0. The Kier molecular flexibility index (Phi) is 8.79. The molecule has 3 rings (SSSR count). The number of nitrogens with zero attached hydrogens (tertiary/aromatic N) is 2. The van der Waals surface area contributed by atoms with Gasteiger partial charge in [0.1, 0.15) is 5.82 Å². The number of likely N-dealkylation sites (N-methyl/N-ethyl adjacent to an activating group) is 1. The Balaban J connectivity index is 1.37. The Morgan fingerprint density at radius 3 is 2.50 bits per heavy atom. The summed E-state index contributed by atoms with van der Waals surface area (Å²) in [4.78, 5) is 25.6. The summed E-state index contributed by atoms with van der Waals surface area (Å²) in [6.45, 7) is 2.01. The molecule has 0 saturated carbocycles. The van der Waals surface area contributed by atoms with Crippen LogP contribution in [0.25, 0.3) is 11.3 Å². The van der Waals surface area contributed by atoms with Gasteiger partial charge in [0, 0.05) is 30.4 Å². The largest absolute Gasteiger partial charge is 0.493 e. The van der Waals surface area contributed by atoms with Gasteiger partial charge < -0.3 is 14.4 Å². The molecule has 7 nitrogen and oxygen atoms in total. The molecule has 1 heterocycles.